The predicted molar refractivity (Wildman–Crippen MR) is 109 cm³/mol. The van der Waals surface area contributed by atoms with Gasteiger partial charge >= 0.3 is 0 Å². The number of hydrogen-bond donors (Lipinski definition) is 1. The average Bonchev–Trinajstić information content (AvgIpc) is 3.05. The molecule has 0 fully saturated rings. The van der Waals surface area contributed by atoms with Gasteiger partial charge in [0.1, 0.15) is 18.4 Å². The molecule has 1 aliphatic rings. The van der Waals surface area contributed by atoms with Gasteiger partial charge in [0.05, 0.1) is 17.3 Å². The minimum Gasteiger partial charge on any atom is -0.489 e. The number of hydrogen-bond acceptors (Lipinski definition) is 4. The molecule has 1 atom stereocenters. The Morgan fingerprint density at radius 2 is 1.93 bits per heavy atom. The third-order valence-electron chi connectivity index (χ3n) is 4.69. The van der Waals surface area contributed by atoms with Gasteiger partial charge in [0.15, 0.2) is 5.69 Å². The van der Waals surface area contributed by atoms with E-state index in [1.165, 1.54) is 4.90 Å². The number of amides is 2. The van der Waals surface area contributed by atoms with E-state index in [-0.39, 0.29) is 23.2 Å². The molecule has 0 saturated heterocycles. The Balaban J connectivity index is 1.49. The Morgan fingerprint density at radius 1 is 1.21 bits per heavy atom. The van der Waals surface area contributed by atoms with Crippen LogP contribution >= 0.6 is 11.6 Å². The molecule has 0 spiro atoms. The Labute approximate surface area is 172 Å². The molecule has 29 heavy (non-hydrogen) atoms. The zero-order chi connectivity index (χ0) is 20.4. The molecule has 0 radical (unpaired) electrons. The van der Waals surface area contributed by atoms with Crippen LogP contribution in [-0.2, 0) is 11.3 Å². The molecule has 2 amide bonds. The molecule has 2 aromatic carbocycles. The topological polar surface area (TPSA) is 76.5 Å². The van der Waals surface area contributed by atoms with Crippen LogP contribution < -0.4 is 15.0 Å². The van der Waals surface area contributed by atoms with Gasteiger partial charge in [0.25, 0.3) is 11.8 Å². The summed E-state index contributed by atoms with van der Waals surface area (Å²) >= 11 is 6.22. The van der Waals surface area contributed by atoms with E-state index in [4.69, 9.17) is 16.3 Å². The van der Waals surface area contributed by atoms with Crippen molar-refractivity contribution in [2.24, 2.45) is 0 Å². The molecule has 8 heteroatoms. The van der Waals surface area contributed by atoms with Crippen LogP contribution in [0.4, 0.5) is 5.69 Å². The van der Waals surface area contributed by atoms with Gasteiger partial charge in [-0.15, -0.1) is 0 Å². The fourth-order valence-electron chi connectivity index (χ4n) is 3.19. The molecule has 3 aromatic rings. The normalized spacial score (nSPS) is 16.0. The van der Waals surface area contributed by atoms with Gasteiger partial charge in [-0.25, -0.2) is 0 Å². The van der Waals surface area contributed by atoms with Crippen molar-refractivity contribution in [2.45, 2.75) is 12.6 Å². The maximum atomic E-state index is 12.8. The molecule has 2 heterocycles. The Morgan fingerprint density at radius 3 is 2.72 bits per heavy atom. The number of para-hydroxylation sites is 2. The van der Waals surface area contributed by atoms with Crippen molar-refractivity contribution in [1.29, 1.82) is 0 Å². The van der Waals surface area contributed by atoms with E-state index in [0.717, 1.165) is 5.56 Å². The lowest BCUT2D eigenvalue weighted by molar-refractivity contribution is -0.120. The van der Waals surface area contributed by atoms with Crippen LogP contribution in [0.1, 0.15) is 16.1 Å². The Hall–Kier alpha value is -3.32. The second-order valence-corrected chi connectivity index (χ2v) is 7.12. The molecule has 7 nitrogen and oxygen atoms in total. The van der Waals surface area contributed by atoms with Crippen molar-refractivity contribution in [3.8, 4) is 5.75 Å². The number of fused-ring (bicyclic) bond motifs is 1. The van der Waals surface area contributed by atoms with Gasteiger partial charge in [0, 0.05) is 13.2 Å². The number of carbonyl (C=O) groups is 2. The van der Waals surface area contributed by atoms with E-state index in [2.05, 4.69) is 10.4 Å². The van der Waals surface area contributed by atoms with E-state index in [0.29, 0.717) is 18.0 Å². The molecular weight excluding hydrogens is 392 g/mol. The molecule has 0 unspecified atom stereocenters. The summed E-state index contributed by atoms with van der Waals surface area (Å²) in [6.45, 7) is 0.506. The molecule has 0 bridgehead atoms. The summed E-state index contributed by atoms with van der Waals surface area (Å²) in [7, 11) is 1.65. The summed E-state index contributed by atoms with van der Waals surface area (Å²) < 4.78 is 7.31. The Kier molecular flexibility index (Phi) is 5.22. The minimum atomic E-state index is -0.852. The molecule has 1 N–H and O–H groups in total. The van der Waals surface area contributed by atoms with Crippen LogP contribution in [0.5, 0.6) is 5.75 Å². The first-order valence-electron chi connectivity index (χ1n) is 9.10. The molecule has 148 valence electrons. The van der Waals surface area contributed by atoms with Crippen molar-refractivity contribution in [2.75, 3.05) is 18.6 Å². The van der Waals surface area contributed by atoms with Crippen LogP contribution in [0, 0.1) is 0 Å². The number of benzene rings is 2. The van der Waals surface area contributed by atoms with E-state index >= 15 is 0 Å². The summed E-state index contributed by atoms with van der Waals surface area (Å²) in [4.78, 5) is 27.0. The number of halogens is 1. The van der Waals surface area contributed by atoms with Crippen LogP contribution in [-0.4, -0.2) is 41.3 Å². The number of ether oxygens (including phenoxy) is 1. The number of carbonyl (C=O) groups excluding carboxylic acids is 2. The molecule has 4 rings (SSSR count). The van der Waals surface area contributed by atoms with Crippen LogP contribution in [0.2, 0.25) is 5.02 Å². The highest BCUT2D eigenvalue weighted by Crippen LogP contribution is 2.30. The molecule has 0 aliphatic carbocycles. The second-order valence-electron chi connectivity index (χ2n) is 6.71. The number of rotatable bonds is 4. The van der Waals surface area contributed by atoms with Gasteiger partial charge in [-0.2, -0.15) is 5.10 Å². The maximum absolute atomic E-state index is 12.8. The molecule has 1 aliphatic heterocycles. The number of likely N-dealkylation sites (N-methyl/N-ethyl adjacent to an activating group) is 1. The van der Waals surface area contributed by atoms with Gasteiger partial charge < -0.3 is 15.0 Å². The highest BCUT2D eigenvalue weighted by molar-refractivity contribution is 6.33. The average molecular weight is 411 g/mol. The zero-order valence-electron chi connectivity index (χ0n) is 15.7. The smallest absolute Gasteiger partial charge is 0.274 e. The summed E-state index contributed by atoms with van der Waals surface area (Å²) in [6.07, 6.45) is 1.59. The summed E-state index contributed by atoms with van der Waals surface area (Å²) in [6, 6.07) is 16.1. The summed E-state index contributed by atoms with van der Waals surface area (Å²) in [5, 5.41) is 7.20. The van der Waals surface area contributed by atoms with Crippen LogP contribution in [0.15, 0.2) is 60.8 Å². The minimum absolute atomic E-state index is 0.0221. The fraction of sp³-hybridized carbons (Fsp3) is 0.190. The lowest BCUT2D eigenvalue weighted by atomic mass is 10.2. The highest BCUT2D eigenvalue weighted by Gasteiger charge is 2.31. The van der Waals surface area contributed by atoms with E-state index in [1.54, 1.807) is 30.1 Å². The first-order valence-corrected chi connectivity index (χ1v) is 9.48. The van der Waals surface area contributed by atoms with Crippen LogP contribution in [0.25, 0.3) is 0 Å². The number of anilines is 1. The van der Waals surface area contributed by atoms with Crippen molar-refractivity contribution in [3.05, 3.63) is 77.1 Å². The first kappa shape index (κ1) is 19.0. The van der Waals surface area contributed by atoms with E-state index in [9.17, 15) is 9.59 Å². The zero-order valence-corrected chi connectivity index (χ0v) is 16.5. The third-order valence-corrected chi connectivity index (χ3v) is 4.96. The fourth-order valence-corrected chi connectivity index (χ4v) is 3.42. The van der Waals surface area contributed by atoms with Gasteiger partial charge in [0.2, 0.25) is 0 Å². The summed E-state index contributed by atoms with van der Waals surface area (Å²) in [5.74, 6) is -0.212. The molecule has 1 aromatic heterocycles. The monoisotopic (exact) mass is 410 g/mol. The van der Waals surface area contributed by atoms with Gasteiger partial charge in [-0.1, -0.05) is 54.1 Å². The second kappa shape index (κ2) is 7.97. The largest absolute Gasteiger partial charge is 0.489 e. The van der Waals surface area contributed by atoms with Crippen molar-refractivity contribution < 1.29 is 14.3 Å². The third kappa shape index (κ3) is 3.95. The highest BCUT2D eigenvalue weighted by atomic mass is 35.5. The van der Waals surface area contributed by atoms with Crippen molar-refractivity contribution in [3.63, 3.8) is 0 Å². The number of nitrogens with zero attached hydrogens (tertiary/aromatic N) is 3. The lowest BCUT2D eigenvalue weighted by Crippen LogP contribution is -2.49. The van der Waals surface area contributed by atoms with Crippen LogP contribution in [0.3, 0.4) is 0 Å². The first-order chi connectivity index (χ1) is 14.0. The number of nitrogens with one attached hydrogen (secondary N) is 1. The number of aromatic nitrogens is 2. The van der Waals surface area contributed by atoms with E-state index < -0.39 is 11.9 Å². The van der Waals surface area contributed by atoms with Crippen molar-refractivity contribution >= 4 is 29.1 Å². The van der Waals surface area contributed by atoms with E-state index in [1.807, 2.05) is 42.5 Å². The van der Waals surface area contributed by atoms with Gasteiger partial charge in [-0.05, 0) is 17.7 Å². The molecular formula is C21H19ClN4O3. The Bertz CT molecular complexity index is 1050. The standard InChI is InChI=1S/C21H19ClN4O3/c1-25-17-9-5-6-10-18(17)29-13-16(21(25)28)23-20(27)19-15(22)12-26(24-19)11-14-7-3-2-4-8-14/h2-10,12,16H,11,13H2,1H3,(H,23,27)/t16-/m0/s1. The predicted octanol–water partition coefficient (Wildman–Crippen LogP) is 2.74. The summed E-state index contributed by atoms with van der Waals surface area (Å²) in [5.41, 5.74) is 1.75. The lowest BCUT2D eigenvalue weighted by Gasteiger charge is -2.20. The maximum Gasteiger partial charge on any atom is 0.274 e. The SMILES string of the molecule is CN1C(=O)[C@@H](NC(=O)c2nn(Cc3ccccc3)cc2Cl)COc2ccccc21. The quantitative estimate of drug-likeness (QED) is 0.717. The molecule has 0 saturated carbocycles. The van der Waals surface area contributed by atoms with Crippen molar-refractivity contribution in [1.82, 2.24) is 15.1 Å². The van der Waals surface area contributed by atoms with Gasteiger partial charge in [-0.3, -0.25) is 14.3 Å².